The number of ether oxygens (including phenoxy) is 1. The molecule has 4 nitrogen and oxygen atoms in total. The van der Waals surface area contributed by atoms with Crippen molar-refractivity contribution in [3.63, 3.8) is 0 Å². The van der Waals surface area contributed by atoms with Crippen LogP contribution >= 0.6 is 0 Å². The van der Waals surface area contributed by atoms with Gasteiger partial charge in [-0.2, -0.15) is 5.26 Å². The number of hydrogen-bond acceptors (Lipinski definition) is 4. The third-order valence-corrected chi connectivity index (χ3v) is 1.68. The molecule has 0 unspecified atom stereocenters. The summed E-state index contributed by atoms with van der Waals surface area (Å²) in [5.74, 6) is -0.420. The maximum Gasteiger partial charge on any atom is 0.331 e. The summed E-state index contributed by atoms with van der Waals surface area (Å²) in [5, 5.41) is 11.4. The lowest BCUT2D eigenvalue weighted by atomic mass is 10.2. The summed E-state index contributed by atoms with van der Waals surface area (Å²) in [6.07, 6.45) is 2.76. The summed E-state index contributed by atoms with van der Waals surface area (Å²) in [6, 6.07) is 8.90. The zero-order valence-electron chi connectivity index (χ0n) is 8.23. The van der Waals surface area contributed by atoms with Gasteiger partial charge in [-0.15, -0.1) is 0 Å². The smallest absolute Gasteiger partial charge is 0.331 e. The Morgan fingerprint density at radius 3 is 2.67 bits per heavy atom. The van der Waals surface area contributed by atoms with Gasteiger partial charge < -0.3 is 10.1 Å². The first kappa shape index (κ1) is 10.8. The highest BCUT2D eigenvalue weighted by molar-refractivity contribution is 5.82. The highest BCUT2D eigenvalue weighted by Crippen LogP contribution is 2.08. The molecule has 4 heteroatoms. The second-order valence-electron chi connectivity index (χ2n) is 2.69. The van der Waals surface area contributed by atoms with Crippen molar-refractivity contribution in [1.29, 1.82) is 5.26 Å². The molecule has 0 aliphatic carbocycles. The van der Waals surface area contributed by atoms with Crippen LogP contribution in [0.3, 0.4) is 0 Å². The van der Waals surface area contributed by atoms with Crippen LogP contribution in [0, 0.1) is 11.3 Å². The summed E-state index contributed by atoms with van der Waals surface area (Å²) < 4.78 is 4.42. The van der Waals surface area contributed by atoms with Gasteiger partial charge in [-0.05, 0) is 24.3 Å². The lowest BCUT2D eigenvalue weighted by molar-refractivity contribution is -0.134. The molecule has 0 heterocycles. The first-order valence-corrected chi connectivity index (χ1v) is 4.27. The number of carbonyl (C=O) groups excluding carboxylic acids is 1. The standard InChI is InChI=1S/C11H10N2O2/c1-15-11(14)6-7-13-10-4-2-9(8-12)3-5-10/h2-7,13H,1H3/b7-6+. The maximum atomic E-state index is 10.7. The molecule has 0 aromatic heterocycles. The number of anilines is 1. The summed E-state index contributed by atoms with van der Waals surface area (Å²) in [7, 11) is 1.31. The number of benzene rings is 1. The fourth-order valence-electron chi connectivity index (χ4n) is 0.915. The van der Waals surface area contributed by atoms with E-state index in [9.17, 15) is 4.79 Å². The van der Waals surface area contributed by atoms with Crippen molar-refractivity contribution in [1.82, 2.24) is 0 Å². The molecule has 0 saturated carbocycles. The van der Waals surface area contributed by atoms with E-state index in [2.05, 4.69) is 10.1 Å². The van der Waals surface area contributed by atoms with Gasteiger partial charge in [0.15, 0.2) is 0 Å². The molecule has 0 radical (unpaired) electrons. The lowest BCUT2D eigenvalue weighted by Gasteiger charge is -1.99. The van der Waals surface area contributed by atoms with Crippen LogP contribution < -0.4 is 5.32 Å². The zero-order chi connectivity index (χ0) is 11.1. The van der Waals surface area contributed by atoms with Crippen LogP contribution in [0.5, 0.6) is 0 Å². The SMILES string of the molecule is COC(=O)/C=C/Nc1ccc(C#N)cc1. The number of methoxy groups -OCH3 is 1. The Morgan fingerprint density at radius 2 is 2.13 bits per heavy atom. The van der Waals surface area contributed by atoms with Crippen molar-refractivity contribution in [2.75, 3.05) is 12.4 Å². The number of nitrogens with zero attached hydrogens (tertiary/aromatic N) is 1. The van der Waals surface area contributed by atoms with E-state index >= 15 is 0 Å². The molecule has 76 valence electrons. The van der Waals surface area contributed by atoms with E-state index in [0.29, 0.717) is 5.56 Å². The first-order valence-electron chi connectivity index (χ1n) is 4.27. The quantitative estimate of drug-likeness (QED) is 0.598. The number of carbonyl (C=O) groups is 1. The fourth-order valence-corrected chi connectivity index (χ4v) is 0.915. The number of nitrogens with one attached hydrogen (secondary N) is 1. The molecule has 0 aliphatic rings. The molecule has 0 spiro atoms. The third-order valence-electron chi connectivity index (χ3n) is 1.68. The minimum absolute atomic E-state index is 0.420. The van der Waals surface area contributed by atoms with Gasteiger partial charge in [-0.3, -0.25) is 0 Å². The number of esters is 1. The van der Waals surface area contributed by atoms with Gasteiger partial charge in [-0.25, -0.2) is 4.79 Å². The van der Waals surface area contributed by atoms with E-state index in [-0.39, 0.29) is 0 Å². The minimum Gasteiger partial charge on any atom is -0.466 e. The summed E-state index contributed by atoms with van der Waals surface area (Å²) in [6.45, 7) is 0. The Balaban J connectivity index is 2.55. The molecule has 1 aromatic carbocycles. The van der Waals surface area contributed by atoms with E-state index in [0.717, 1.165) is 5.69 Å². The summed E-state index contributed by atoms with van der Waals surface area (Å²) >= 11 is 0. The Kier molecular flexibility index (Phi) is 3.92. The largest absolute Gasteiger partial charge is 0.466 e. The molecule has 1 N–H and O–H groups in total. The molecule has 0 amide bonds. The van der Waals surface area contributed by atoms with Gasteiger partial charge in [0.25, 0.3) is 0 Å². The second kappa shape index (κ2) is 5.45. The topological polar surface area (TPSA) is 62.1 Å². The van der Waals surface area contributed by atoms with Gasteiger partial charge in [0.1, 0.15) is 0 Å². The van der Waals surface area contributed by atoms with Crippen molar-refractivity contribution < 1.29 is 9.53 Å². The Bertz CT molecular complexity index is 402. The van der Waals surface area contributed by atoms with Crippen LogP contribution in [-0.4, -0.2) is 13.1 Å². The van der Waals surface area contributed by atoms with E-state index < -0.39 is 5.97 Å². The van der Waals surface area contributed by atoms with Crippen LogP contribution in [0.15, 0.2) is 36.5 Å². The molecule has 1 rings (SSSR count). The molecule has 1 aromatic rings. The molecular weight excluding hydrogens is 192 g/mol. The molecule has 0 bridgehead atoms. The van der Waals surface area contributed by atoms with Crippen molar-refractivity contribution in [3.05, 3.63) is 42.1 Å². The fraction of sp³-hybridized carbons (Fsp3) is 0.0909. The monoisotopic (exact) mass is 202 g/mol. The van der Waals surface area contributed by atoms with E-state index in [1.807, 2.05) is 6.07 Å². The Hall–Kier alpha value is -2.28. The Morgan fingerprint density at radius 1 is 1.47 bits per heavy atom. The van der Waals surface area contributed by atoms with Crippen LogP contribution in [-0.2, 0) is 9.53 Å². The van der Waals surface area contributed by atoms with Gasteiger partial charge in [0.2, 0.25) is 0 Å². The van der Waals surface area contributed by atoms with E-state index in [1.165, 1.54) is 19.4 Å². The van der Waals surface area contributed by atoms with Gasteiger partial charge in [-0.1, -0.05) is 0 Å². The molecule has 0 saturated heterocycles. The highest BCUT2D eigenvalue weighted by atomic mass is 16.5. The molecule has 0 atom stereocenters. The Labute approximate surface area is 87.8 Å². The van der Waals surface area contributed by atoms with Crippen LogP contribution in [0.1, 0.15) is 5.56 Å². The number of rotatable bonds is 3. The average Bonchev–Trinajstić information content (AvgIpc) is 2.29. The van der Waals surface area contributed by atoms with E-state index in [1.54, 1.807) is 24.3 Å². The van der Waals surface area contributed by atoms with Gasteiger partial charge >= 0.3 is 5.97 Å². The van der Waals surface area contributed by atoms with Crippen molar-refractivity contribution in [2.24, 2.45) is 0 Å². The molecule has 0 aliphatic heterocycles. The van der Waals surface area contributed by atoms with Crippen LogP contribution in [0.4, 0.5) is 5.69 Å². The van der Waals surface area contributed by atoms with Crippen molar-refractivity contribution in [2.45, 2.75) is 0 Å². The van der Waals surface area contributed by atoms with Gasteiger partial charge in [0, 0.05) is 18.0 Å². The third kappa shape index (κ3) is 3.53. The summed E-state index contributed by atoms with van der Waals surface area (Å²) in [4.78, 5) is 10.7. The highest BCUT2D eigenvalue weighted by Gasteiger charge is 1.92. The van der Waals surface area contributed by atoms with Gasteiger partial charge in [0.05, 0.1) is 18.7 Å². The molecule has 15 heavy (non-hydrogen) atoms. The van der Waals surface area contributed by atoms with Crippen molar-refractivity contribution >= 4 is 11.7 Å². The van der Waals surface area contributed by atoms with Crippen molar-refractivity contribution in [3.8, 4) is 6.07 Å². The first-order chi connectivity index (χ1) is 7.26. The zero-order valence-corrected chi connectivity index (χ0v) is 8.23. The van der Waals surface area contributed by atoms with Crippen LogP contribution in [0.25, 0.3) is 0 Å². The number of hydrogen-bond donors (Lipinski definition) is 1. The normalized spacial score (nSPS) is 9.60. The number of nitriles is 1. The minimum atomic E-state index is -0.420. The molecular formula is C11H10N2O2. The average molecular weight is 202 g/mol. The summed E-state index contributed by atoms with van der Waals surface area (Å²) in [5.41, 5.74) is 1.40. The predicted octanol–water partition coefficient (Wildman–Crippen LogP) is 1.66. The molecule has 0 fully saturated rings. The lowest BCUT2D eigenvalue weighted by Crippen LogP contribution is -1.96. The van der Waals surface area contributed by atoms with Crippen LogP contribution in [0.2, 0.25) is 0 Å². The maximum absolute atomic E-state index is 10.7. The predicted molar refractivity (Wildman–Crippen MR) is 55.9 cm³/mol. The second-order valence-corrected chi connectivity index (χ2v) is 2.69. The van der Waals surface area contributed by atoms with E-state index in [4.69, 9.17) is 5.26 Å².